The number of carbonyl (C=O) groups is 1. The average molecular weight is 325 g/mol. The van der Waals surface area contributed by atoms with E-state index in [1.165, 1.54) is 0 Å². The molecule has 2 fully saturated rings. The largest absolute Gasteiger partial charge is 0.320 e. The highest BCUT2D eigenvalue weighted by atomic mass is 35.5. The molecule has 1 spiro atoms. The summed E-state index contributed by atoms with van der Waals surface area (Å²) in [7, 11) is 0. The molecular weight excluding hydrogens is 304 g/mol. The molecule has 3 nitrogen and oxygen atoms in total. The van der Waals surface area contributed by atoms with Crippen molar-refractivity contribution in [1.29, 1.82) is 0 Å². The summed E-state index contributed by atoms with van der Waals surface area (Å²) in [4.78, 5) is 14.8. The maximum Gasteiger partial charge on any atom is 0.244 e. The molecule has 21 heavy (non-hydrogen) atoms. The number of nitrogens with one attached hydrogen (secondary N) is 1. The van der Waals surface area contributed by atoms with Gasteiger partial charge in [0.05, 0.1) is 0 Å². The number of halogens is 1. The summed E-state index contributed by atoms with van der Waals surface area (Å²) in [5.74, 6) is 0.254. The fraction of sp³-hybridized carbons (Fsp3) is 0.562. The smallest absolute Gasteiger partial charge is 0.244 e. The maximum absolute atomic E-state index is 12.8. The first-order valence-electron chi connectivity index (χ1n) is 7.26. The molecule has 1 heterocycles. The van der Waals surface area contributed by atoms with E-state index in [4.69, 9.17) is 11.6 Å². The number of carbonyl (C=O) groups excluding carboxylic acids is 1. The molecule has 0 bridgehead atoms. The zero-order chi connectivity index (χ0) is 15.3. The molecule has 1 aromatic carbocycles. The van der Waals surface area contributed by atoms with E-state index < -0.39 is 0 Å². The Hall–Kier alpha value is -0.710. The number of amides is 1. The molecular formula is C16H21ClN2OS. The van der Waals surface area contributed by atoms with Crippen LogP contribution in [0.2, 0.25) is 5.02 Å². The fourth-order valence-electron chi connectivity index (χ4n) is 2.82. The summed E-state index contributed by atoms with van der Waals surface area (Å²) >= 11 is 7.77. The molecule has 1 saturated carbocycles. The van der Waals surface area contributed by atoms with Gasteiger partial charge in [0, 0.05) is 16.3 Å². The predicted octanol–water partition coefficient (Wildman–Crippen LogP) is 3.44. The lowest BCUT2D eigenvalue weighted by Gasteiger charge is -2.32. The highest BCUT2D eigenvalue weighted by Crippen LogP contribution is 2.46. The third kappa shape index (κ3) is 2.81. The van der Waals surface area contributed by atoms with Crippen molar-refractivity contribution in [1.82, 2.24) is 10.2 Å². The molecule has 1 saturated heterocycles. The van der Waals surface area contributed by atoms with Gasteiger partial charge in [0.25, 0.3) is 0 Å². The minimum atomic E-state index is -0.293. The number of benzene rings is 1. The Morgan fingerprint density at radius 2 is 2.00 bits per heavy atom. The highest BCUT2D eigenvalue weighted by Gasteiger charge is 2.59. The molecule has 1 aliphatic heterocycles. The molecule has 3 rings (SSSR count). The van der Waals surface area contributed by atoms with Crippen molar-refractivity contribution in [2.24, 2.45) is 0 Å². The van der Waals surface area contributed by atoms with Gasteiger partial charge in [0.1, 0.15) is 11.7 Å². The van der Waals surface area contributed by atoms with Gasteiger partial charge in [-0.15, -0.1) is 0 Å². The van der Waals surface area contributed by atoms with Crippen molar-refractivity contribution in [3.63, 3.8) is 0 Å². The average Bonchev–Trinajstić information content (AvgIpc) is 3.19. The van der Waals surface area contributed by atoms with E-state index in [9.17, 15) is 4.79 Å². The van der Waals surface area contributed by atoms with Crippen molar-refractivity contribution >= 4 is 29.3 Å². The maximum atomic E-state index is 12.8. The van der Waals surface area contributed by atoms with Gasteiger partial charge in [-0.2, -0.15) is 11.8 Å². The van der Waals surface area contributed by atoms with Gasteiger partial charge >= 0.3 is 0 Å². The highest BCUT2D eigenvalue weighted by molar-refractivity contribution is 7.99. The van der Waals surface area contributed by atoms with Crippen molar-refractivity contribution in [2.45, 2.75) is 43.1 Å². The van der Waals surface area contributed by atoms with Gasteiger partial charge in [-0.05, 0) is 50.6 Å². The molecule has 1 N–H and O–H groups in total. The monoisotopic (exact) mass is 324 g/mol. The number of hydrogen-bond donors (Lipinski definition) is 1. The van der Waals surface area contributed by atoms with E-state index in [-0.39, 0.29) is 22.4 Å². The van der Waals surface area contributed by atoms with E-state index >= 15 is 0 Å². The van der Waals surface area contributed by atoms with Crippen LogP contribution in [0.15, 0.2) is 24.3 Å². The molecule has 5 heteroatoms. The third-order valence-corrected chi connectivity index (χ3v) is 5.92. The minimum Gasteiger partial charge on any atom is -0.320 e. The van der Waals surface area contributed by atoms with Crippen LogP contribution in [0.5, 0.6) is 0 Å². The Bertz CT molecular complexity index is 554. The van der Waals surface area contributed by atoms with Crippen molar-refractivity contribution in [2.75, 3.05) is 12.8 Å². The van der Waals surface area contributed by atoms with Crippen molar-refractivity contribution < 1.29 is 4.79 Å². The summed E-state index contributed by atoms with van der Waals surface area (Å²) < 4.78 is 0.0441. The fourth-order valence-corrected chi connectivity index (χ4v) is 3.22. The van der Waals surface area contributed by atoms with E-state index in [1.54, 1.807) is 11.8 Å². The van der Waals surface area contributed by atoms with E-state index in [0.29, 0.717) is 0 Å². The Morgan fingerprint density at radius 3 is 2.52 bits per heavy atom. The second-order valence-corrected chi connectivity index (χ2v) is 8.53. The van der Waals surface area contributed by atoms with Gasteiger partial charge < -0.3 is 4.90 Å². The Kier molecular flexibility index (Phi) is 3.75. The Morgan fingerprint density at radius 1 is 1.38 bits per heavy atom. The molecule has 114 valence electrons. The standard InChI is InChI=1S/C16H21ClN2OS/c1-15(2,21-3)10-19-13(11-4-6-12(17)7-5-11)18-16(8-9-16)14(19)20/h4-7,13,18H,8-10H2,1-3H3. The van der Waals surface area contributed by atoms with Crippen LogP contribution in [0.25, 0.3) is 0 Å². The lowest BCUT2D eigenvalue weighted by molar-refractivity contribution is -0.131. The molecule has 0 aromatic heterocycles. The van der Waals surface area contributed by atoms with Gasteiger partial charge in [-0.25, -0.2) is 0 Å². The number of nitrogens with zero attached hydrogens (tertiary/aromatic N) is 1. The van der Waals surface area contributed by atoms with E-state index in [2.05, 4.69) is 25.4 Å². The number of thioether (sulfide) groups is 1. The molecule has 1 aromatic rings. The first-order valence-corrected chi connectivity index (χ1v) is 8.87. The molecule has 1 atom stereocenters. The van der Waals surface area contributed by atoms with Crippen LogP contribution in [0.4, 0.5) is 0 Å². The molecule has 1 unspecified atom stereocenters. The number of hydrogen-bond acceptors (Lipinski definition) is 3. The third-order valence-electron chi connectivity index (χ3n) is 4.43. The zero-order valence-corrected chi connectivity index (χ0v) is 14.2. The van der Waals surface area contributed by atoms with Gasteiger partial charge in [-0.1, -0.05) is 23.7 Å². The van der Waals surface area contributed by atoms with Crippen LogP contribution in [0, 0.1) is 0 Å². The Balaban J connectivity index is 1.89. The zero-order valence-electron chi connectivity index (χ0n) is 12.6. The normalized spacial score (nSPS) is 23.9. The van der Waals surface area contributed by atoms with E-state index in [1.807, 2.05) is 29.2 Å². The Labute approximate surface area is 135 Å². The lowest BCUT2D eigenvalue weighted by Crippen LogP contribution is -2.40. The summed E-state index contributed by atoms with van der Waals surface area (Å²) in [6.45, 7) is 5.11. The minimum absolute atomic E-state index is 0.0382. The molecule has 2 aliphatic rings. The quantitative estimate of drug-likeness (QED) is 0.920. The van der Waals surface area contributed by atoms with Crippen LogP contribution in [-0.2, 0) is 4.79 Å². The SMILES string of the molecule is CSC(C)(C)CN1C(=O)C2(CC2)NC1c1ccc(Cl)cc1. The summed E-state index contributed by atoms with van der Waals surface area (Å²) in [6.07, 6.45) is 3.96. The van der Waals surface area contributed by atoms with Gasteiger partial charge in [0.2, 0.25) is 5.91 Å². The van der Waals surface area contributed by atoms with Crippen LogP contribution < -0.4 is 5.32 Å². The molecule has 1 aliphatic carbocycles. The molecule has 0 radical (unpaired) electrons. The summed E-state index contributed by atoms with van der Waals surface area (Å²) in [5.41, 5.74) is 0.812. The summed E-state index contributed by atoms with van der Waals surface area (Å²) in [6, 6.07) is 7.79. The van der Waals surface area contributed by atoms with Crippen molar-refractivity contribution in [3.05, 3.63) is 34.9 Å². The second kappa shape index (κ2) is 5.18. The van der Waals surface area contributed by atoms with Gasteiger partial charge in [-0.3, -0.25) is 10.1 Å². The van der Waals surface area contributed by atoms with Crippen LogP contribution >= 0.6 is 23.4 Å². The number of rotatable bonds is 4. The lowest BCUT2D eigenvalue weighted by atomic mass is 10.1. The molecule has 1 amide bonds. The predicted molar refractivity (Wildman–Crippen MR) is 88.6 cm³/mol. The first-order chi connectivity index (χ1) is 9.87. The van der Waals surface area contributed by atoms with Crippen LogP contribution in [-0.4, -0.2) is 33.9 Å². The van der Waals surface area contributed by atoms with Crippen LogP contribution in [0.1, 0.15) is 38.4 Å². The van der Waals surface area contributed by atoms with E-state index in [0.717, 1.165) is 30.0 Å². The topological polar surface area (TPSA) is 32.3 Å². The first kappa shape index (κ1) is 15.2. The second-order valence-electron chi connectivity index (χ2n) is 6.58. The van der Waals surface area contributed by atoms with Gasteiger partial charge in [0.15, 0.2) is 0 Å². The van der Waals surface area contributed by atoms with Crippen molar-refractivity contribution in [3.8, 4) is 0 Å². The van der Waals surface area contributed by atoms with Crippen LogP contribution in [0.3, 0.4) is 0 Å². The summed E-state index contributed by atoms with van der Waals surface area (Å²) in [5, 5.41) is 4.27.